The van der Waals surface area contributed by atoms with Crippen LogP contribution in [0.3, 0.4) is 0 Å². The average Bonchev–Trinajstić information content (AvgIpc) is 3.41. The summed E-state index contributed by atoms with van der Waals surface area (Å²) in [6.07, 6.45) is 2.85. The van der Waals surface area contributed by atoms with Gasteiger partial charge in [-0.3, -0.25) is 14.4 Å². The molecule has 3 amide bonds. The number of aliphatic hydroxyl groups is 1. The van der Waals surface area contributed by atoms with Crippen molar-refractivity contribution in [2.75, 3.05) is 13.7 Å². The van der Waals surface area contributed by atoms with Gasteiger partial charge in [-0.25, -0.2) is 0 Å². The van der Waals surface area contributed by atoms with E-state index in [-0.39, 0.29) is 40.4 Å². The van der Waals surface area contributed by atoms with Gasteiger partial charge in [-0.2, -0.15) is 0 Å². The number of likely N-dealkylation sites (tertiary alicyclic amines) is 1. The van der Waals surface area contributed by atoms with E-state index >= 15 is 0 Å². The van der Waals surface area contributed by atoms with Crippen molar-refractivity contribution in [3.63, 3.8) is 0 Å². The summed E-state index contributed by atoms with van der Waals surface area (Å²) in [5, 5.41) is 16.2. The zero-order valence-corrected chi connectivity index (χ0v) is 22.3. The van der Waals surface area contributed by atoms with Crippen LogP contribution in [0, 0.1) is 11.8 Å². The van der Waals surface area contributed by atoms with Gasteiger partial charge in [0.2, 0.25) is 17.7 Å². The Balaban J connectivity index is 1.75. The Morgan fingerprint density at radius 2 is 2.00 bits per heavy atom. The highest BCUT2D eigenvalue weighted by Crippen LogP contribution is 2.67. The molecule has 3 aliphatic rings. The van der Waals surface area contributed by atoms with Crippen LogP contribution in [0.2, 0.25) is 0 Å². The number of rotatable bonds is 9. The van der Waals surface area contributed by atoms with Crippen molar-refractivity contribution < 1.29 is 19.5 Å². The molecule has 1 aromatic rings. The Labute approximate surface area is 213 Å². The molecule has 3 saturated heterocycles. The van der Waals surface area contributed by atoms with E-state index in [9.17, 15) is 19.5 Å². The molecule has 1 aromatic carbocycles. The maximum Gasteiger partial charge on any atom is 0.244 e. The highest BCUT2D eigenvalue weighted by atomic mass is 79.9. The zero-order valence-electron chi connectivity index (χ0n) is 19.9. The molecule has 1 spiro atoms. The lowest BCUT2D eigenvalue weighted by atomic mass is 9.70. The van der Waals surface area contributed by atoms with Crippen LogP contribution in [-0.2, 0) is 20.8 Å². The molecule has 0 aliphatic carbocycles. The number of hydrogen-bond acceptors (Lipinski definition) is 5. The molecule has 4 unspecified atom stereocenters. The third kappa shape index (κ3) is 4.17. The van der Waals surface area contributed by atoms with E-state index in [4.69, 9.17) is 0 Å². The largest absolute Gasteiger partial charge is 0.394 e. The second-order valence-electron chi connectivity index (χ2n) is 9.75. The monoisotopic (exact) mass is 551 g/mol. The summed E-state index contributed by atoms with van der Waals surface area (Å²) in [5.41, 5.74) is 0.987. The molecule has 8 atom stereocenters. The molecule has 0 aromatic heterocycles. The number of nitrogens with one attached hydrogen (secondary N) is 2. The second-order valence-corrected chi connectivity index (χ2v) is 12.5. The lowest BCUT2D eigenvalue weighted by Crippen LogP contribution is -2.58. The van der Waals surface area contributed by atoms with E-state index in [0.717, 1.165) is 18.4 Å². The Hall–Kier alpha value is -1.58. The predicted molar refractivity (Wildman–Crippen MR) is 137 cm³/mol. The van der Waals surface area contributed by atoms with Gasteiger partial charge in [-0.1, -0.05) is 59.6 Å². The molecule has 0 radical (unpaired) electrons. The van der Waals surface area contributed by atoms with Gasteiger partial charge in [0.15, 0.2) is 0 Å². The third-order valence-corrected chi connectivity index (χ3v) is 10.8. The van der Waals surface area contributed by atoms with Crippen molar-refractivity contribution in [3.8, 4) is 0 Å². The van der Waals surface area contributed by atoms with E-state index in [0.29, 0.717) is 12.8 Å². The van der Waals surface area contributed by atoms with Crippen molar-refractivity contribution in [2.45, 2.75) is 72.5 Å². The number of carbonyl (C=O) groups is 3. The van der Waals surface area contributed by atoms with Crippen molar-refractivity contribution >= 4 is 45.4 Å². The van der Waals surface area contributed by atoms with Crippen LogP contribution in [0.5, 0.6) is 0 Å². The highest BCUT2D eigenvalue weighted by Gasteiger charge is 2.76. The molecule has 2 bridgehead atoms. The number of alkyl halides is 1. The van der Waals surface area contributed by atoms with E-state index in [2.05, 4.69) is 33.5 Å². The van der Waals surface area contributed by atoms with Crippen LogP contribution >= 0.6 is 27.7 Å². The summed E-state index contributed by atoms with van der Waals surface area (Å²) in [4.78, 5) is 42.5. The van der Waals surface area contributed by atoms with Gasteiger partial charge in [-0.05, 0) is 31.7 Å². The predicted octanol–water partition coefficient (Wildman–Crippen LogP) is 2.11. The summed E-state index contributed by atoms with van der Waals surface area (Å²) >= 11 is 5.37. The van der Waals surface area contributed by atoms with Crippen molar-refractivity contribution in [3.05, 3.63) is 35.9 Å². The third-order valence-electron chi connectivity index (χ3n) is 7.55. The van der Waals surface area contributed by atoms with Crippen LogP contribution in [0.15, 0.2) is 30.3 Å². The highest BCUT2D eigenvalue weighted by molar-refractivity contribution is 9.09. The maximum atomic E-state index is 14.1. The van der Waals surface area contributed by atoms with Gasteiger partial charge in [0.25, 0.3) is 0 Å². The fourth-order valence-corrected chi connectivity index (χ4v) is 9.79. The summed E-state index contributed by atoms with van der Waals surface area (Å²) in [6.45, 7) is 3.79. The molecule has 7 nitrogen and oxygen atoms in total. The lowest BCUT2D eigenvalue weighted by Gasteiger charge is -2.38. The van der Waals surface area contributed by atoms with Crippen molar-refractivity contribution in [2.24, 2.45) is 11.8 Å². The van der Waals surface area contributed by atoms with Gasteiger partial charge < -0.3 is 20.6 Å². The quantitative estimate of drug-likeness (QED) is 0.408. The normalized spacial score (nSPS) is 33.5. The van der Waals surface area contributed by atoms with Crippen molar-refractivity contribution in [1.29, 1.82) is 0 Å². The number of fused-ring (bicyclic) bond motifs is 1. The summed E-state index contributed by atoms with van der Waals surface area (Å²) in [5.74, 6) is -1.64. The molecular formula is C25H34BrN3O4S. The van der Waals surface area contributed by atoms with Crippen molar-refractivity contribution in [1.82, 2.24) is 15.5 Å². The summed E-state index contributed by atoms with van der Waals surface area (Å²) in [6, 6.07) is 8.38. The van der Waals surface area contributed by atoms with Gasteiger partial charge in [-0.15, -0.1) is 11.8 Å². The van der Waals surface area contributed by atoms with E-state index in [1.165, 1.54) is 0 Å². The average molecular weight is 553 g/mol. The molecule has 3 heterocycles. The van der Waals surface area contributed by atoms with Crippen LogP contribution in [0.1, 0.15) is 38.7 Å². The van der Waals surface area contributed by atoms with Gasteiger partial charge in [0.05, 0.1) is 29.2 Å². The fraction of sp³-hybridized carbons (Fsp3) is 0.640. The summed E-state index contributed by atoms with van der Waals surface area (Å²) < 4.78 is -0.701. The van der Waals surface area contributed by atoms with E-state index < -0.39 is 28.7 Å². The molecule has 0 saturated carbocycles. The fourth-order valence-electron chi connectivity index (χ4n) is 6.19. The number of hydrogen-bond donors (Lipinski definition) is 3. The molecule has 3 N–H and O–H groups in total. The molecule has 3 aliphatic heterocycles. The Bertz CT molecular complexity index is 934. The first-order valence-corrected chi connectivity index (χ1v) is 13.9. The van der Waals surface area contributed by atoms with Gasteiger partial charge in [0.1, 0.15) is 6.04 Å². The first-order valence-electron chi connectivity index (χ1n) is 12.1. The second kappa shape index (κ2) is 10.2. The number of halogens is 1. The molecule has 4 rings (SSSR count). The number of carbonyl (C=O) groups excluding carboxylic acids is 3. The molecule has 34 heavy (non-hydrogen) atoms. The zero-order chi connectivity index (χ0) is 24.6. The Morgan fingerprint density at radius 3 is 2.62 bits per heavy atom. The summed E-state index contributed by atoms with van der Waals surface area (Å²) in [7, 11) is 1.59. The minimum absolute atomic E-state index is 0.0234. The van der Waals surface area contributed by atoms with Crippen LogP contribution < -0.4 is 10.6 Å². The number of amides is 3. The molecule has 3 fully saturated rings. The van der Waals surface area contributed by atoms with Crippen LogP contribution in [-0.4, -0.2) is 74.3 Å². The Kier molecular flexibility index (Phi) is 7.64. The number of nitrogens with zero attached hydrogens (tertiary/aromatic N) is 1. The SMILES string of the molecule is CCCC(C)NC(=O)C1N([C@@H](CO)Cc2ccccc2)C(=O)[C@@H]2[C@@H](C(=O)NC)[C@@H]3SC12CC3Br. The first kappa shape index (κ1) is 25.5. The minimum Gasteiger partial charge on any atom is -0.394 e. The van der Waals surface area contributed by atoms with Gasteiger partial charge in [0, 0.05) is 23.2 Å². The van der Waals surface area contributed by atoms with E-state index in [1.807, 2.05) is 37.3 Å². The first-order chi connectivity index (χ1) is 16.3. The lowest BCUT2D eigenvalue weighted by molar-refractivity contribution is -0.142. The van der Waals surface area contributed by atoms with E-state index in [1.54, 1.807) is 23.7 Å². The number of thioether (sulfide) groups is 1. The molecule has 9 heteroatoms. The van der Waals surface area contributed by atoms with Crippen LogP contribution in [0.4, 0.5) is 0 Å². The smallest absolute Gasteiger partial charge is 0.244 e. The topological polar surface area (TPSA) is 98.7 Å². The standard InChI is InChI=1S/C25H34BrN3O4S/c1-4-8-14(2)28-23(32)21-25-12-17(26)20(34-25)18(22(31)27-3)19(25)24(33)29(21)16(13-30)11-15-9-6-5-7-10-15/h5-7,9-10,14,16-21,30H,4,8,11-13H2,1-3H3,(H,27,31)(H,28,32)/t14?,16-,17?,18-,19+,20-,21?,25?/m1/s1. The minimum atomic E-state index is -0.741. The van der Waals surface area contributed by atoms with Gasteiger partial charge >= 0.3 is 0 Å². The molecule has 186 valence electrons. The molecular weight excluding hydrogens is 518 g/mol. The van der Waals surface area contributed by atoms with Crippen LogP contribution in [0.25, 0.3) is 0 Å². The maximum absolute atomic E-state index is 14.1. The number of aliphatic hydroxyl groups excluding tert-OH is 1. The number of benzene rings is 1. The Morgan fingerprint density at radius 1 is 1.29 bits per heavy atom.